The van der Waals surface area contributed by atoms with E-state index in [2.05, 4.69) is 52.8 Å². The second-order valence-electron chi connectivity index (χ2n) is 5.50. The maximum Gasteiger partial charge on any atom is 0.0178 e. The first kappa shape index (κ1) is 15.4. The molecule has 0 radical (unpaired) electrons. The van der Waals surface area contributed by atoms with Gasteiger partial charge in [0.25, 0.3) is 0 Å². The minimum atomic E-state index is 0.278. The second-order valence-corrected chi connectivity index (χ2v) is 7.76. The van der Waals surface area contributed by atoms with Crippen LogP contribution >= 0.6 is 27.7 Å². The smallest absolute Gasteiger partial charge is 0.0178 e. The number of nitrogens with two attached hydrogens (primary N) is 1. The van der Waals surface area contributed by atoms with Crippen molar-refractivity contribution < 1.29 is 0 Å². The summed E-state index contributed by atoms with van der Waals surface area (Å²) in [6.45, 7) is 2.16. The second kappa shape index (κ2) is 7.70. The fourth-order valence-electron chi connectivity index (χ4n) is 2.61. The van der Waals surface area contributed by atoms with Gasteiger partial charge in [0.05, 0.1) is 0 Å². The zero-order chi connectivity index (χ0) is 13.7. The van der Waals surface area contributed by atoms with E-state index in [0.29, 0.717) is 0 Å². The molecule has 19 heavy (non-hydrogen) atoms. The van der Waals surface area contributed by atoms with Crippen LogP contribution < -0.4 is 5.73 Å². The quantitative estimate of drug-likeness (QED) is 0.800. The molecule has 1 fully saturated rings. The van der Waals surface area contributed by atoms with Gasteiger partial charge in [-0.2, -0.15) is 0 Å². The van der Waals surface area contributed by atoms with Crippen LogP contribution in [0.15, 0.2) is 27.6 Å². The van der Waals surface area contributed by atoms with Crippen molar-refractivity contribution >= 4 is 27.7 Å². The summed E-state index contributed by atoms with van der Waals surface area (Å²) < 4.78 is 1.17. The molecule has 1 aromatic rings. The van der Waals surface area contributed by atoms with E-state index in [0.717, 1.165) is 18.1 Å². The zero-order valence-corrected chi connectivity index (χ0v) is 14.1. The van der Waals surface area contributed by atoms with Crippen LogP contribution in [0, 0.1) is 0 Å². The summed E-state index contributed by atoms with van der Waals surface area (Å²) in [6, 6.07) is 6.95. The van der Waals surface area contributed by atoms with E-state index in [9.17, 15) is 0 Å². The first-order valence-corrected chi connectivity index (χ1v) is 9.07. The SMILES string of the molecule is CCC(N)Cc1cc(Br)ccc1SC1CCCCC1. The molecule has 1 atom stereocenters. The molecule has 1 unspecified atom stereocenters. The van der Waals surface area contributed by atoms with Gasteiger partial charge >= 0.3 is 0 Å². The maximum atomic E-state index is 6.13. The van der Waals surface area contributed by atoms with Gasteiger partial charge in [-0.05, 0) is 49.4 Å². The average Bonchev–Trinajstić information content (AvgIpc) is 2.43. The van der Waals surface area contributed by atoms with Crippen LogP contribution in [0.1, 0.15) is 51.0 Å². The number of thioether (sulfide) groups is 1. The first-order chi connectivity index (χ1) is 9.19. The molecule has 2 N–H and O–H groups in total. The van der Waals surface area contributed by atoms with Crippen LogP contribution in [0.5, 0.6) is 0 Å². The van der Waals surface area contributed by atoms with E-state index in [1.807, 2.05) is 0 Å². The Hall–Kier alpha value is 0.01000. The molecule has 1 aliphatic rings. The molecule has 0 saturated heterocycles. The predicted octanol–water partition coefficient (Wildman–Crippen LogP) is 5.15. The molecule has 3 heteroatoms. The van der Waals surface area contributed by atoms with Gasteiger partial charge < -0.3 is 5.73 Å². The highest BCUT2D eigenvalue weighted by Gasteiger charge is 2.17. The molecule has 1 aromatic carbocycles. The van der Waals surface area contributed by atoms with Crippen molar-refractivity contribution in [1.82, 2.24) is 0 Å². The number of benzene rings is 1. The van der Waals surface area contributed by atoms with E-state index < -0.39 is 0 Å². The third-order valence-corrected chi connectivity index (χ3v) is 5.83. The van der Waals surface area contributed by atoms with Gasteiger partial charge in [0.15, 0.2) is 0 Å². The van der Waals surface area contributed by atoms with Crippen LogP contribution in [-0.4, -0.2) is 11.3 Å². The molecule has 106 valence electrons. The lowest BCUT2D eigenvalue weighted by Gasteiger charge is -2.23. The Kier molecular flexibility index (Phi) is 6.24. The van der Waals surface area contributed by atoms with Crippen molar-refractivity contribution in [2.75, 3.05) is 0 Å². The number of hydrogen-bond acceptors (Lipinski definition) is 2. The molecule has 0 aliphatic heterocycles. The molecule has 1 nitrogen and oxygen atoms in total. The highest BCUT2D eigenvalue weighted by molar-refractivity contribution is 9.10. The van der Waals surface area contributed by atoms with Crippen molar-refractivity contribution in [3.8, 4) is 0 Å². The molecule has 0 heterocycles. The van der Waals surface area contributed by atoms with Crippen molar-refractivity contribution in [1.29, 1.82) is 0 Å². The third-order valence-electron chi connectivity index (χ3n) is 3.87. The summed E-state index contributed by atoms with van der Waals surface area (Å²) in [5.74, 6) is 0. The van der Waals surface area contributed by atoms with Crippen LogP contribution in [0.25, 0.3) is 0 Å². The molecule has 2 rings (SSSR count). The fraction of sp³-hybridized carbons (Fsp3) is 0.625. The van der Waals surface area contributed by atoms with E-state index in [4.69, 9.17) is 5.73 Å². The van der Waals surface area contributed by atoms with Gasteiger partial charge in [-0.1, -0.05) is 42.1 Å². The normalized spacial score (nSPS) is 18.5. The number of rotatable bonds is 5. The minimum absolute atomic E-state index is 0.278. The molecular weight excluding hydrogens is 318 g/mol. The van der Waals surface area contributed by atoms with Gasteiger partial charge in [0, 0.05) is 20.7 Å². The molecule has 0 aromatic heterocycles. The van der Waals surface area contributed by atoms with Crippen molar-refractivity contribution in [3.05, 3.63) is 28.2 Å². The summed E-state index contributed by atoms with van der Waals surface area (Å²) >= 11 is 5.66. The van der Waals surface area contributed by atoms with Crippen LogP contribution in [0.3, 0.4) is 0 Å². The van der Waals surface area contributed by atoms with Gasteiger partial charge in [0.1, 0.15) is 0 Å². The van der Waals surface area contributed by atoms with Crippen LogP contribution in [0.2, 0.25) is 0 Å². The summed E-state index contributed by atoms with van der Waals surface area (Å²) in [5.41, 5.74) is 7.55. The Morgan fingerprint density at radius 2 is 2.05 bits per heavy atom. The maximum absolute atomic E-state index is 6.13. The molecule has 0 amide bonds. The predicted molar refractivity (Wildman–Crippen MR) is 88.8 cm³/mol. The lowest BCUT2D eigenvalue weighted by atomic mass is 10.0. The van der Waals surface area contributed by atoms with Gasteiger partial charge in [-0.3, -0.25) is 0 Å². The van der Waals surface area contributed by atoms with Crippen LogP contribution in [0.4, 0.5) is 0 Å². The third kappa shape index (κ3) is 4.80. The Morgan fingerprint density at radius 1 is 1.32 bits per heavy atom. The average molecular weight is 342 g/mol. The van der Waals surface area contributed by atoms with Crippen molar-refractivity contribution in [2.24, 2.45) is 5.73 Å². The zero-order valence-electron chi connectivity index (χ0n) is 11.7. The van der Waals surface area contributed by atoms with Gasteiger partial charge in [-0.25, -0.2) is 0 Å². The monoisotopic (exact) mass is 341 g/mol. The summed E-state index contributed by atoms with van der Waals surface area (Å²) in [4.78, 5) is 1.44. The Balaban J connectivity index is 2.09. The molecule has 0 spiro atoms. The van der Waals surface area contributed by atoms with Gasteiger partial charge in [0.2, 0.25) is 0 Å². The van der Waals surface area contributed by atoms with Crippen molar-refractivity contribution in [2.45, 2.75) is 68.1 Å². The summed E-state index contributed by atoms with van der Waals surface area (Å²) in [7, 11) is 0. The largest absolute Gasteiger partial charge is 0.327 e. The minimum Gasteiger partial charge on any atom is -0.327 e. The lowest BCUT2D eigenvalue weighted by Crippen LogP contribution is -2.22. The Morgan fingerprint density at radius 3 is 2.74 bits per heavy atom. The lowest BCUT2D eigenvalue weighted by molar-refractivity contribution is 0.516. The Bertz CT molecular complexity index is 402. The van der Waals surface area contributed by atoms with Crippen LogP contribution in [-0.2, 0) is 6.42 Å². The summed E-state index contributed by atoms with van der Waals surface area (Å²) in [6.07, 6.45) is 9.01. The van der Waals surface area contributed by atoms with Gasteiger partial charge in [-0.15, -0.1) is 11.8 Å². The Labute approximate surface area is 129 Å². The molecule has 1 saturated carbocycles. The molecule has 0 bridgehead atoms. The topological polar surface area (TPSA) is 26.0 Å². The molecular formula is C16H24BrNS. The standard InChI is InChI=1S/C16H24BrNS/c1-2-14(18)11-12-10-13(17)8-9-16(12)19-15-6-4-3-5-7-15/h8-10,14-15H,2-7,11,18H2,1H3. The highest BCUT2D eigenvalue weighted by Crippen LogP contribution is 2.36. The fourth-order valence-corrected chi connectivity index (χ4v) is 4.39. The van der Waals surface area contributed by atoms with E-state index in [-0.39, 0.29) is 6.04 Å². The van der Waals surface area contributed by atoms with E-state index >= 15 is 0 Å². The number of halogens is 1. The first-order valence-electron chi connectivity index (χ1n) is 7.39. The van der Waals surface area contributed by atoms with Crippen molar-refractivity contribution in [3.63, 3.8) is 0 Å². The molecule has 1 aliphatic carbocycles. The highest BCUT2D eigenvalue weighted by atomic mass is 79.9. The number of hydrogen-bond donors (Lipinski definition) is 1. The summed E-state index contributed by atoms with van der Waals surface area (Å²) in [5, 5.41) is 0.812. The van der Waals surface area contributed by atoms with E-state index in [1.54, 1.807) is 0 Å². The van der Waals surface area contributed by atoms with E-state index in [1.165, 1.54) is 47.0 Å².